The fourth-order valence-corrected chi connectivity index (χ4v) is 0.880. The van der Waals surface area contributed by atoms with Crippen molar-refractivity contribution in [2.45, 2.75) is 6.42 Å². The van der Waals surface area contributed by atoms with E-state index in [2.05, 4.69) is 10.3 Å². The number of carbonyl (C=O) groups excluding carboxylic acids is 1. The standard InChI is InChI=1S/C9H12N2O2.ClH/c12-6-2-5-11-9(13)8-3-1-4-10-7-8;/h1,3-4,7,12H,2,5-6H2,(H,11,13);1H. The first-order chi connectivity index (χ1) is 6.34. The summed E-state index contributed by atoms with van der Waals surface area (Å²) in [5.74, 6) is -0.151. The van der Waals surface area contributed by atoms with Gasteiger partial charge in [0.2, 0.25) is 0 Å². The highest BCUT2D eigenvalue weighted by Gasteiger charge is 2.02. The topological polar surface area (TPSA) is 62.2 Å². The summed E-state index contributed by atoms with van der Waals surface area (Å²) in [4.78, 5) is 15.1. The Hall–Kier alpha value is -1.13. The number of hydrogen-bond acceptors (Lipinski definition) is 3. The summed E-state index contributed by atoms with van der Waals surface area (Å²) in [7, 11) is 0. The van der Waals surface area contributed by atoms with Gasteiger partial charge in [-0.3, -0.25) is 9.78 Å². The van der Waals surface area contributed by atoms with Crippen molar-refractivity contribution < 1.29 is 9.90 Å². The molecular weight excluding hydrogens is 204 g/mol. The molecule has 0 aromatic carbocycles. The lowest BCUT2D eigenvalue weighted by Gasteiger charge is -2.02. The van der Waals surface area contributed by atoms with Gasteiger partial charge in [-0.2, -0.15) is 0 Å². The van der Waals surface area contributed by atoms with Crippen LogP contribution in [-0.2, 0) is 0 Å². The molecule has 0 radical (unpaired) electrons. The number of halogens is 1. The predicted molar refractivity (Wildman–Crippen MR) is 55.5 cm³/mol. The summed E-state index contributed by atoms with van der Waals surface area (Å²) in [5, 5.41) is 11.1. The van der Waals surface area contributed by atoms with Crippen LogP contribution in [0.4, 0.5) is 0 Å². The van der Waals surface area contributed by atoms with Crippen molar-refractivity contribution in [1.82, 2.24) is 10.3 Å². The molecule has 0 atom stereocenters. The second-order valence-corrected chi connectivity index (χ2v) is 2.57. The maximum Gasteiger partial charge on any atom is 0.252 e. The molecule has 2 N–H and O–H groups in total. The van der Waals surface area contributed by atoms with Gasteiger partial charge in [0, 0.05) is 25.5 Å². The summed E-state index contributed by atoms with van der Waals surface area (Å²) in [6.07, 6.45) is 3.70. The first kappa shape index (κ1) is 12.9. The lowest BCUT2D eigenvalue weighted by molar-refractivity contribution is 0.0951. The van der Waals surface area contributed by atoms with E-state index < -0.39 is 0 Å². The molecule has 0 bridgehead atoms. The zero-order valence-electron chi connectivity index (χ0n) is 7.64. The highest BCUT2D eigenvalue weighted by Crippen LogP contribution is 1.94. The molecule has 1 aromatic heterocycles. The van der Waals surface area contributed by atoms with Crippen molar-refractivity contribution in [2.75, 3.05) is 13.2 Å². The van der Waals surface area contributed by atoms with E-state index in [0.29, 0.717) is 18.5 Å². The monoisotopic (exact) mass is 216 g/mol. The molecule has 0 fully saturated rings. The van der Waals surface area contributed by atoms with E-state index in [1.165, 1.54) is 6.20 Å². The summed E-state index contributed by atoms with van der Waals surface area (Å²) in [6, 6.07) is 3.40. The van der Waals surface area contributed by atoms with Gasteiger partial charge >= 0.3 is 0 Å². The fraction of sp³-hybridized carbons (Fsp3) is 0.333. The Morgan fingerprint density at radius 2 is 2.36 bits per heavy atom. The number of aliphatic hydroxyl groups excluding tert-OH is 1. The maximum atomic E-state index is 11.3. The van der Waals surface area contributed by atoms with Gasteiger partial charge in [-0.05, 0) is 18.6 Å². The lowest BCUT2D eigenvalue weighted by atomic mass is 10.2. The number of rotatable bonds is 4. The molecule has 5 heteroatoms. The Kier molecular flexibility index (Phi) is 6.70. The van der Waals surface area contributed by atoms with Gasteiger partial charge < -0.3 is 10.4 Å². The molecule has 4 nitrogen and oxygen atoms in total. The first-order valence-electron chi connectivity index (χ1n) is 4.13. The van der Waals surface area contributed by atoms with Crippen LogP contribution < -0.4 is 5.32 Å². The second kappa shape index (κ2) is 7.29. The number of pyridine rings is 1. The number of aromatic nitrogens is 1. The minimum Gasteiger partial charge on any atom is -0.396 e. The van der Waals surface area contributed by atoms with Crippen LogP contribution in [0.15, 0.2) is 24.5 Å². The van der Waals surface area contributed by atoms with Crippen molar-refractivity contribution in [3.05, 3.63) is 30.1 Å². The number of carbonyl (C=O) groups is 1. The highest BCUT2D eigenvalue weighted by molar-refractivity contribution is 5.93. The predicted octanol–water partition coefficient (Wildman–Crippen LogP) is 0.616. The zero-order valence-corrected chi connectivity index (χ0v) is 8.46. The molecule has 1 amide bonds. The van der Waals surface area contributed by atoms with E-state index in [4.69, 9.17) is 5.11 Å². The van der Waals surface area contributed by atoms with Gasteiger partial charge in [-0.15, -0.1) is 12.4 Å². The van der Waals surface area contributed by atoms with Crippen molar-refractivity contribution in [3.63, 3.8) is 0 Å². The van der Waals surface area contributed by atoms with Crippen LogP contribution in [0.2, 0.25) is 0 Å². The summed E-state index contributed by atoms with van der Waals surface area (Å²) >= 11 is 0. The van der Waals surface area contributed by atoms with Gasteiger partial charge in [0.1, 0.15) is 0 Å². The van der Waals surface area contributed by atoms with E-state index in [1.807, 2.05) is 0 Å². The lowest BCUT2D eigenvalue weighted by Crippen LogP contribution is -2.24. The van der Waals surface area contributed by atoms with E-state index in [0.717, 1.165) is 0 Å². The van der Waals surface area contributed by atoms with Gasteiger partial charge in [0.05, 0.1) is 5.56 Å². The summed E-state index contributed by atoms with van der Waals surface area (Å²) in [5.41, 5.74) is 0.542. The molecule has 0 saturated heterocycles. The van der Waals surface area contributed by atoms with Crippen molar-refractivity contribution in [3.8, 4) is 0 Å². The Bertz CT molecular complexity index is 267. The smallest absolute Gasteiger partial charge is 0.252 e. The normalized spacial score (nSPS) is 8.93. The molecule has 0 aliphatic heterocycles. The van der Waals surface area contributed by atoms with E-state index in [1.54, 1.807) is 18.3 Å². The number of nitrogens with one attached hydrogen (secondary N) is 1. The van der Waals surface area contributed by atoms with Crippen LogP contribution in [-0.4, -0.2) is 29.1 Å². The third-order valence-electron chi connectivity index (χ3n) is 1.54. The van der Waals surface area contributed by atoms with Crippen molar-refractivity contribution >= 4 is 18.3 Å². The minimum absolute atomic E-state index is 0. The maximum absolute atomic E-state index is 11.3. The molecule has 78 valence electrons. The highest BCUT2D eigenvalue weighted by atomic mass is 35.5. The van der Waals surface area contributed by atoms with Crippen LogP contribution in [0.3, 0.4) is 0 Å². The van der Waals surface area contributed by atoms with Crippen LogP contribution in [0.25, 0.3) is 0 Å². The molecule has 0 unspecified atom stereocenters. The van der Waals surface area contributed by atoms with Gasteiger partial charge in [0.15, 0.2) is 0 Å². The zero-order chi connectivity index (χ0) is 9.52. The largest absolute Gasteiger partial charge is 0.396 e. The third kappa shape index (κ3) is 4.20. The number of hydrogen-bond donors (Lipinski definition) is 2. The molecule has 0 aliphatic rings. The number of amides is 1. The Balaban J connectivity index is 0.00000169. The quantitative estimate of drug-likeness (QED) is 0.726. The van der Waals surface area contributed by atoms with E-state index in [9.17, 15) is 4.79 Å². The molecule has 0 spiro atoms. The fourth-order valence-electron chi connectivity index (χ4n) is 0.880. The number of aliphatic hydroxyl groups is 1. The molecular formula is C9H13ClN2O2. The first-order valence-corrected chi connectivity index (χ1v) is 4.13. The molecule has 0 aliphatic carbocycles. The average Bonchev–Trinajstić information content (AvgIpc) is 2.19. The molecule has 1 heterocycles. The Morgan fingerprint density at radius 1 is 1.57 bits per heavy atom. The van der Waals surface area contributed by atoms with Crippen LogP contribution in [0, 0.1) is 0 Å². The Labute approximate surface area is 88.8 Å². The SMILES string of the molecule is Cl.O=C(NCCCO)c1cccnc1. The minimum atomic E-state index is -0.151. The summed E-state index contributed by atoms with van der Waals surface area (Å²) in [6.45, 7) is 0.581. The van der Waals surface area contributed by atoms with Crippen molar-refractivity contribution in [1.29, 1.82) is 0 Å². The molecule has 1 aromatic rings. The van der Waals surface area contributed by atoms with Gasteiger partial charge in [-0.25, -0.2) is 0 Å². The third-order valence-corrected chi connectivity index (χ3v) is 1.54. The van der Waals surface area contributed by atoms with Gasteiger partial charge in [0.25, 0.3) is 5.91 Å². The molecule has 14 heavy (non-hydrogen) atoms. The van der Waals surface area contributed by atoms with Crippen LogP contribution in [0.1, 0.15) is 16.8 Å². The van der Waals surface area contributed by atoms with Gasteiger partial charge in [-0.1, -0.05) is 0 Å². The van der Waals surface area contributed by atoms with Crippen LogP contribution in [0.5, 0.6) is 0 Å². The summed E-state index contributed by atoms with van der Waals surface area (Å²) < 4.78 is 0. The van der Waals surface area contributed by atoms with Crippen LogP contribution >= 0.6 is 12.4 Å². The molecule has 1 rings (SSSR count). The van der Waals surface area contributed by atoms with Crippen molar-refractivity contribution in [2.24, 2.45) is 0 Å². The van der Waals surface area contributed by atoms with E-state index >= 15 is 0 Å². The molecule has 0 saturated carbocycles. The second-order valence-electron chi connectivity index (χ2n) is 2.57. The average molecular weight is 217 g/mol. The Morgan fingerprint density at radius 3 is 2.93 bits per heavy atom. The van der Waals surface area contributed by atoms with E-state index in [-0.39, 0.29) is 24.9 Å². The number of nitrogens with zero attached hydrogens (tertiary/aromatic N) is 1.